The first-order chi connectivity index (χ1) is 13.0. The summed E-state index contributed by atoms with van der Waals surface area (Å²) in [7, 11) is 2.12. The minimum atomic E-state index is 0.105. The Morgan fingerprint density at radius 3 is 2.70 bits per heavy atom. The molecule has 0 saturated carbocycles. The lowest BCUT2D eigenvalue weighted by Crippen LogP contribution is -2.50. The maximum Gasteiger partial charge on any atom is 0.235 e. The maximum atomic E-state index is 12.3. The molecule has 3 rings (SSSR count). The SMILES string of the molecule is CCN(CNC(=O)CN1CCN(C)CC1)C(C)Cc1ccc2c(c1)OCO2. The van der Waals surface area contributed by atoms with Crippen molar-refractivity contribution in [2.75, 3.05) is 59.8 Å². The number of ether oxygens (including phenoxy) is 2. The smallest absolute Gasteiger partial charge is 0.235 e. The number of benzene rings is 1. The van der Waals surface area contributed by atoms with Crippen LogP contribution in [0.2, 0.25) is 0 Å². The molecule has 27 heavy (non-hydrogen) atoms. The van der Waals surface area contributed by atoms with Crippen LogP contribution in [0.3, 0.4) is 0 Å². The molecular weight excluding hydrogens is 344 g/mol. The fraction of sp³-hybridized carbons (Fsp3) is 0.650. The van der Waals surface area contributed by atoms with E-state index in [0.29, 0.717) is 26.0 Å². The van der Waals surface area contributed by atoms with E-state index in [4.69, 9.17) is 9.47 Å². The minimum Gasteiger partial charge on any atom is -0.454 e. The molecule has 1 amide bonds. The molecule has 0 aliphatic carbocycles. The quantitative estimate of drug-likeness (QED) is 0.683. The zero-order valence-corrected chi connectivity index (χ0v) is 16.7. The summed E-state index contributed by atoms with van der Waals surface area (Å²) < 4.78 is 10.8. The summed E-state index contributed by atoms with van der Waals surface area (Å²) >= 11 is 0. The number of amides is 1. The van der Waals surface area contributed by atoms with Gasteiger partial charge in [-0.25, -0.2) is 0 Å². The van der Waals surface area contributed by atoms with Gasteiger partial charge in [-0.3, -0.25) is 14.6 Å². The summed E-state index contributed by atoms with van der Waals surface area (Å²) in [4.78, 5) is 19.1. The highest BCUT2D eigenvalue weighted by Crippen LogP contribution is 2.32. The highest BCUT2D eigenvalue weighted by Gasteiger charge is 2.19. The molecule has 1 aromatic carbocycles. The zero-order chi connectivity index (χ0) is 19.2. The molecule has 1 N–H and O–H groups in total. The van der Waals surface area contributed by atoms with E-state index < -0.39 is 0 Å². The van der Waals surface area contributed by atoms with Gasteiger partial charge >= 0.3 is 0 Å². The van der Waals surface area contributed by atoms with Crippen LogP contribution in [0.1, 0.15) is 19.4 Å². The largest absolute Gasteiger partial charge is 0.454 e. The van der Waals surface area contributed by atoms with Gasteiger partial charge in [-0.15, -0.1) is 0 Å². The molecule has 2 aliphatic rings. The van der Waals surface area contributed by atoms with E-state index in [1.165, 1.54) is 5.56 Å². The van der Waals surface area contributed by atoms with Gasteiger partial charge in [0.05, 0.1) is 13.2 Å². The first kappa shape index (κ1) is 19.9. The molecule has 7 nitrogen and oxygen atoms in total. The fourth-order valence-corrected chi connectivity index (χ4v) is 3.57. The first-order valence-electron chi connectivity index (χ1n) is 9.85. The van der Waals surface area contributed by atoms with Gasteiger partial charge in [0, 0.05) is 32.2 Å². The number of carbonyl (C=O) groups excluding carboxylic acids is 1. The summed E-state index contributed by atoms with van der Waals surface area (Å²) in [6, 6.07) is 6.43. The second-order valence-electron chi connectivity index (χ2n) is 7.48. The molecule has 7 heteroatoms. The van der Waals surface area contributed by atoms with Crippen molar-refractivity contribution in [2.24, 2.45) is 0 Å². The molecule has 1 atom stereocenters. The van der Waals surface area contributed by atoms with Crippen LogP contribution in [0.15, 0.2) is 18.2 Å². The molecule has 0 spiro atoms. The molecular formula is C20H32N4O3. The summed E-state index contributed by atoms with van der Waals surface area (Å²) in [5.74, 6) is 1.74. The van der Waals surface area contributed by atoms with E-state index in [0.717, 1.165) is 50.6 Å². The molecule has 0 radical (unpaired) electrons. The van der Waals surface area contributed by atoms with Crippen molar-refractivity contribution in [3.8, 4) is 11.5 Å². The molecule has 2 aliphatic heterocycles. The van der Waals surface area contributed by atoms with Crippen molar-refractivity contribution in [3.05, 3.63) is 23.8 Å². The third-order valence-corrected chi connectivity index (χ3v) is 5.44. The maximum absolute atomic E-state index is 12.3. The van der Waals surface area contributed by atoms with Gasteiger partial charge in [0.25, 0.3) is 0 Å². The van der Waals surface area contributed by atoms with Crippen molar-refractivity contribution in [1.82, 2.24) is 20.0 Å². The van der Waals surface area contributed by atoms with Crippen LogP contribution in [0.25, 0.3) is 0 Å². The highest BCUT2D eigenvalue weighted by atomic mass is 16.7. The van der Waals surface area contributed by atoms with E-state index >= 15 is 0 Å². The third kappa shape index (κ3) is 5.57. The second-order valence-corrected chi connectivity index (χ2v) is 7.48. The van der Waals surface area contributed by atoms with Crippen LogP contribution in [-0.2, 0) is 11.2 Å². The number of likely N-dealkylation sites (N-methyl/N-ethyl adjacent to an activating group) is 2. The number of hydrogen-bond acceptors (Lipinski definition) is 6. The van der Waals surface area contributed by atoms with E-state index in [9.17, 15) is 4.79 Å². The number of rotatable bonds is 8. The minimum absolute atomic E-state index is 0.105. The number of piperazine rings is 1. The Labute approximate surface area is 162 Å². The standard InChI is InChI=1S/C20H32N4O3/c1-4-24(14-21-20(25)13-23-9-7-22(3)8-10-23)16(2)11-17-5-6-18-19(12-17)27-15-26-18/h5-6,12,16H,4,7-11,13-15H2,1-3H3,(H,21,25). The zero-order valence-electron chi connectivity index (χ0n) is 16.7. The van der Waals surface area contributed by atoms with E-state index in [1.807, 2.05) is 6.07 Å². The average molecular weight is 377 g/mol. The van der Waals surface area contributed by atoms with Crippen LogP contribution in [0, 0.1) is 0 Å². The van der Waals surface area contributed by atoms with Gasteiger partial charge < -0.3 is 19.7 Å². The van der Waals surface area contributed by atoms with E-state index in [1.54, 1.807) is 0 Å². The summed E-state index contributed by atoms with van der Waals surface area (Å²) in [5, 5.41) is 3.09. The van der Waals surface area contributed by atoms with Gasteiger partial charge in [-0.2, -0.15) is 0 Å². The molecule has 0 bridgehead atoms. The third-order valence-electron chi connectivity index (χ3n) is 5.44. The Morgan fingerprint density at radius 1 is 1.22 bits per heavy atom. The Morgan fingerprint density at radius 2 is 1.96 bits per heavy atom. The van der Waals surface area contributed by atoms with Gasteiger partial charge in [0.15, 0.2) is 11.5 Å². The van der Waals surface area contributed by atoms with E-state index in [-0.39, 0.29) is 5.91 Å². The number of nitrogens with zero attached hydrogens (tertiary/aromatic N) is 3. The molecule has 0 aromatic heterocycles. The number of nitrogens with one attached hydrogen (secondary N) is 1. The number of carbonyl (C=O) groups is 1. The number of hydrogen-bond donors (Lipinski definition) is 1. The van der Waals surface area contributed by atoms with Gasteiger partial charge in [0.2, 0.25) is 12.7 Å². The predicted molar refractivity (Wildman–Crippen MR) is 105 cm³/mol. The molecule has 1 aromatic rings. The van der Waals surface area contributed by atoms with E-state index in [2.05, 4.69) is 53.0 Å². The summed E-state index contributed by atoms with van der Waals surface area (Å²) in [5.41, 5.74) is 1.22. The molecule has 1 unspecified atom stereocenters. The molecule has 1 fully saturated rings. The average Bonchev–Trinajstić information content (AvgIpc) is 3.12. The normalized spacial score (nSPS) is 18.7. The molecule has 1 saturated heterocycles. The monoisotopic (exact) mass is 376 g/mol. The molecule has 150 valence electrons. The second kappa shape index (κ2) is 9.39. The Bertz CT molecular complexity index is 632. The Kier molecular flexibility index (Phi) is 6.93. The van der Waals surface area contributed by atoms with Crippen molar-refractivity contribution in [2.45, 2.75) is 26.3 Å². The Balaban J connectivity index is 1.44. The van der Waals surface area contributed by atoms with Crippen molar-refractivity contribution >= 4 is 5.91 Å². The fourth-order valence-electron chi connectivity index (χ4n) is 3.57. The van der Waals surface area contributed by atoms with Crippen LogP contribution in [0.4, 0.5) is 0 Å². The van der Waals surface area contributed by atoms with Crippen molar-refractivity contribution in [1.29, 1.82) is 0 Å². The summed E-state index contributed by atoms with van der Waals surface area (Å²) in [6.07, 6.45) is 0.902. The lowest BCUT2D eigenvalue weighted by atomic mass is 10.1. The topological polar surface area (TPSA) is 57.3 Å². The first-order valence-corrected chi connectivity index (χ1v) is 9.85. The number of fused-ring (bicyclic) bond motifs is 1. The lowest BCUT2D eigenvalue weighted by molar-refractivity contribution is -0.123. The summed E-state index contributed by atoms with van der Waals surface area (Å²) in [6.45, 7) is 10.6. The van der Waals surface area contributed by atoms with Gasteiger partial charge in [-0.05, 0) is 44.6 Å². The van der Waals surface area contributed by atoms with Crippen LogP contribution in [0.5, 0.6) is 11.5 Å². The van der Waals surface area contributed by atoms with Crippen molar-refractivity contribution < 1.29 is 14.3 Å². The van der Waals surface area contributed by atoms with Gasteiger partial charge in [0.1, 0.15) is 0 Å². The van der Waals surface area contributed by atoms with Crippen LogP contribution >= 0.6 is 0 Å². The van der Waals surface area contributed by atoms with Gasteiger partial charge in [-0.1, -0.05) is 13.0 Å². The molecule has 2 heterocycles. The predicted octanol–water partition coefficient (Wildman–Crippen LogP) is 0.989. The Hall–Kier alpha value is -1.83. The van der Waals surface area contributed by atoms with Crippen molar-refractivity contribution in [3.63, 3.8) is 0 Å². The van der Waals surface area contributed by atoms with Crippen LogP contribution < -0.4 is 14.8 Å². The lowest BCUT2D eigenvalue weighted by Gasteiger charge is -2.32. The highest BCUT2D eigenvalue weighted by molar-refractivity contribution is 5.77. The van der Waals surface area contributed by atoms with Crippen LogP contribution in [-0.4, -0.2) is 86.4 Å².